The standard InChI is InChI=1S/C24H32FN3O4/c1-22(32,16-28-20(30)24(27-21(28)31)12-5-6-13-24)19(29)26-15-23(10-3-2-4-11-23)17-8-7-9-18(25)14-17/h7-9,14,32H,2-6,10-13,15-16H2,1H3,(H,26,29)(H,27,31)/t22-/m0/s1. The van der Waals surface area contributed by atoms with E-state index in [0.29, 0.717) is 12.8 Å². The third-order valence-corrected chi connectivity index (χ3v) is 7.49. The van der Waals surface area contributed by atoms with E-state index in [-0.39, 0.29) is 18.3 Å². The van der Waals surface area contributed by atoms with Gasteiger partial charge in [0.2, 0.25) is 0 Å². The number of hydrogen-bond acceptors (Lipinski definition) is 4. The highest BCUT2D eigenvalue weighted by Gasteiger charge is 2.54. The van der Waals surface area contributed by atoms with Gasteiger partial charge >= 0.3 is 6.03 Å². The maximum absolute atomic E-state index is 13.9. The van der Waals surface area contributed by atoms with Crippen molar-refractivity contribution in [1.29, 1.82) is 0 Å². The van der Waals surface area contributed by atoms with Crippen LogP contribution in [-0.2, 0) is 15.0 Å². The number of nitrogens with zero attached hydrogens (tertiary/aromatic N) is 1. The molecule has 0 radical (unpaired) electrons. The van der Waals surface area contributed by atoms with Gasteiger partial charge in [-0.05, 0) is 50.3 Å². The smallest absolute Gasteiger partial charge is 0.325 e. The molecule has 32 heavy (non-hydrogen) atoms. The summed E-state index contributed by atoms with van der Waals surface area (Å²) in [4.78, 5) is 39.2. The second-order valence-electron chi connectivity index (χ2n) is 9.92. The minimum absolute atomic E-state index is 0.259. The van der Waals surface area contributed by atoms with E-state index in [4.69, 9.17) is 0 Å². The molecule has 1 atom stereocenters. The van der Waals surface area contributed by atoms with Crippen LogP contribution in [-0.4, -0.2) is 52.1 Å². The molecule has 3 aliphatic rings. The summed E-state index contributed by atoms with van der Waals surface area (Å²) in [5, 5.41) is 16.5. The lowest BCUT2D eigenvalue weighted by Gasteiger charge is -2.39. The fourth-order valence-corrected chi connectivity index (χ4v) is 5.57. The van der Waals surface area contributed by atoms with Crippen molar-refractivity contribution in [3.63, 3.8) is 0 Å². The number of benzene rings is 1. The van der Waals surface area contributed by atoms with Crippen LogP contribution in [0.5, 0.6) is 0 Å². The predicted octanol–water partition coefficient (Wildman–Crippen LogP) is 2.76. The number of β-amino-alcohol motifs (C(OH)–C–C–N with tert-alkyl or cyclic N) is 1. The highest BCUT2D eigenvalue weighted by Crippen LogP contribution is 2.39. The molecule has 2 saturated carbocycles. The summed E-state index contributed by atoms with van der Waals surface area (Å²) in [5.74, 6) is -1.33. The number of imide groups is 1. The second kappa shape index (κ2) is 8.46. The van der Waals surface area contributed by atoms with Crippen molar-refractivity contribution >= 4 is 17.8 Å². The van der Waals surface area contributed by atoms with Gasteiger partial charge in [-0.3, -0.25) is 14.5 Å². The van der Waals surface area contributed by atoms with Gasteiger partial charge in [0.25, 0.3) is 11.8 Å². The monoisotopic (exact) mass is 445 g/mol. The highest BCUT2D eigenvalue weighted by atomic mass is 19.1. The van der Waals surface area contributed by atoms with Crippen molar-refractivity contribution in [3.8, 4) is 0 Å². The zero-order valence-electron chi connectivity index (χ0n) is 18.6. The van der Waals surface area contributed by atoms with Crippen molar-refractivity contribution < 1.29 is 23.9 Å². The summed E-state index contributed by atoms with van der Waals surface area (Å²) in [7, 11) is 0. The Morgan fingerprint density at radius 3 is 2.47 bits per heavy atom. The number of nitrogens with one attached hydrogen (secondary N) is 2. The van der Waals surface area contributed by atoms with Gasteiger partial charge in [-0.25, -0.2) is 9.18 Å². The van der Waals surface area contributed by atoms with Crippen molar-refractivity contribution in [3.05, 3.63) is 35.6 Å². The maximum atomic E-state index is 13.9. The quantitative estimate of drug-likeness (QED) is 0.587. The zero-order valence-corrected chi connectivity index (χ0v) is 18.6. The number of carbonyl (C=O) groups excluding carboxylic acids is 3. The molecule has 1 heterocycles. The number of halogens is 1. The van der Waals surface area contributed by atoms with Crippen LogP contribution >= 0.6 is 0 Å². The molecule has 1 spiro atoms. The third-order valence-electron chi connectivity index (χ3n) is 7.49. The average Bonchev–Trinajstić information content (AvgIpc) is 3.33. The first kappa shape index (κ1) is 22.7. The van der Waals surface area contributed by atoms with Crippen LogP contribution in [0.25, 0.3) is 0 Å². The number of aliphatic hydroxyl groups is 1. The molecule has 1 aliphatic heterocycles. The van der Waals surface area contributed by atoms with Crippen LogP contribution < -0.4 is 10.6 Å². The van der Waals surface area contributed by atoms with Gasteiger partial charge in [-0.1, -0.05) is 44.2 Å². The van der Waals surface area contributed by atoms with E-state index in [9.17, 15) is 23.9 Å². The predicted molar refractivity (Wildman–Crippen MR) is 116 cm³/mol. The molecular formula is C24H32FN3O4. The molecule has 1 saturated heterocycles. The first-order valence-corrected chi connectivity index (χ1v) is 11.6. The molecule has 0 aromatic heterocycles. The van der Waals surface area contributed by atoms with E-state index < -0.39 is 35.0 Å². The highest BCUT2D eigenvalue weighted by molar-refractivity contribution is 6.07. The molecule has 8 heteroatoms. The molecule has 4 amide bonds. The van der Waals surface area contributed by atoms with Gasteiger partial charge in [0.05, 0.1) is 6.54 Å². The minimum atomic E-state index is -1.94. The van der Waals surface area contributed by atoms with Gasteiger partial charge in [-0.15, -0.1) is 0 Å². The third kappa shape index (κ3) is 4.12. The molecule has 4 rings (SSSR count). The molecule has 2 aliphatic carbocycles. The van der Waals surface area contributed by atoms with Crippen molar-refractivity contribution in [2.45, 2.75) is 81.3 Å². The molecule has 174 valence electrons. The lowest BCUT2D eigenvalue weighted by atomic mass is 9.69. The van der Waals surface area contributed by atoms with Crippen molar-refractivity contribution in [1.82, 2.24) is 15.5 Å². The fourth-order valence-electron chi connectivity index (χ4n) is 5.57. The van der Waals surface area contributed by atoms with Crippen LogP contribution in [0.4, 0.5) is 9.18 Å². The Kier molecular flexibility index (Phi) is 6.00. The Labute approximate surface area is 187 Å². The number of hydrogen-bond donors (Lipinski definition) is 3. The lowest BCUT2D eigenvalue weighted by Crippen LogP contribution is -2.56. The number of rotatable bonds is 6. The second-order valence-corrected chi connectivity index (χ2v) is 9.92. The SMILES string of the molecule is C[C@](O)(CN1C(=O)NC2(CCCC2)C1=O)C(=O)NCC1(c2cccc(F)c2)CCCCC1. The molecule has 1 aromatic carbocycles. The van der Waals surface area contributed by atoms with Gasteiger partial charge in [0, 0.05) is 12.0 Å². The van der Waals surface area contributed by atoms with Gasteiger partial charge < -0.3 is 15.7 Å². The Balaban J connectivity index is 1.45. The molecule has 3 N–H and O–H groups in total. The van der Waals surface area contributed by atoms with E-state index in [1.165, 1.54) is 19.1 Å². The summed E-state index contributed by atoms with van der Waals surface area (Å²) in [6, 6.07) is 5.92. The largest absolute Gasteiger partial charge is 0.378 e. The summed E-state index contributed by atoms with van der Waals surface area (Å²) >= 11 is 0. The molecule has 3 fully saturated rings. The Bertz CT molecular complexity index is 904. The number of urea groups is 1. The van der Waals surface area contributed by atoms with E-state index in [0.717, 1.165) is 55.4 Å². The van der Waals surface area contributed by atoms with E-state index in [1.54, 1.807) is 6.07 Å². The van der Waals surface area contributed by atoms with Crippen LogP contribution in [0.15, 0.2) is 24.3 Å². The van der Waals surface area contributed by atoms with Crippen LogP contribution in [0.3, 0.4) is 0 Å². The molecule has 0 bridgehead atoms. The first-order valence-electron chi connectivity index (χ1n) is 11.6. The summed E-state index contributed by atoms with van der Waals surface area (Å²) in [6.45, 7) is 1.17. The topological polar surface area (TPSA) is 98.7 Å². The fraction of sp³-hybridized carbons (Fsp3) is 0.625. The Hall–Kier alpha value is -2.48. The summed E-state index contributed by atoms with van der Waals surface area (Å²) < 4.78 is 13.9. The molecule has 1 aromatic rings. The van der Waals surface area contributed by atoms with E-state index in [1.807, 2.05) is 6.07 Å². The van der Waals surface area contributed by atoms with Gasteiger partial charge in [0.15, 0.2) is 5.60 Å². The average molecular weight is 446 g/mol. The maximum Gasteiger partial charge on any atom is 0.325 e. The van der Waals surface area contributed by atoms with Gasteiger partial charge in [-0.2, -0.15) is 0 Å². The Morgan fingerprint density at radius 2 is 1.81 bits per heavy atom. The number of carbonyl (C=O) groups is 3. The molecule has 7 nitrogen and oxygen atoms in total. The lowest BCUT2D eigenvalue weighted by molar-refractivity contribution is -0.143. The van der Waals surface area contributed by atoms with Crippen molar-refractivity contribution in [2.75, 3.05) is 13.1 Å². The van der Waals surface area contributed by atoms with Gasteiger partial charge in [0.1, 0.15) is 11.4 Å². The summed E-state index contributed by atoms with van der Waals surface area (Å²) in [5.41, 5.74) is -2.38. The zero-order chi connectivity index (χ0) is 23.0. The van der Waals surface area contributed by atoms with Crippen LogP contribution in [0.1, 0.15) is 70.3 Å². The Morgan fingerprint density at radius 1 is 1.16 bits per heavy atom. The van der Waals surface area contributed by atoms with E-state index >= 15 is 0 Å². The first-order chi connectivity index (χ1) is 15.2. The molecular weight excluding hydrogens is 413 g/mol. The van der Waals surface area contributed by atoms with Crippen LogP contribution in [0, 0.1) is 5.82 Å². The van der Waals surface area contributed by atoms with Crippen molar-refractivity contribution in [2.24, 2.45) is 0 Å². The van der Waals surface area contributed by atoms with E-state index in [2.05, 4.69) is 10.6 Å². The minimum Gasteiger partial charge on any atom is -0.378 e. The number of amides is 4. The van der Waals surface area contributed by atoms with Crippen LogP contribution in [0.2, 0.25) is 0 Å². The normalized spacial score (nSPS) is 23.8. The molecule has 0 unspecified atom stereocenters. The summed E-state index contributed by atoms with van der Waals surface area (Å²) in [6.07, 6.45) is 7.56.